The van der Waals surface area contributed by atoms with Crippen molar-refractivity contribution < 1.29 is 14.7 Å². The Morgan fingerprint density at radius 2 is 2.19 bits per heavy atom. The first-order chi connectivity index (χ1) is 7.59. The molecule has 1 amide bonds. The highest BCUT2D eigenvalue weighted by Gasteiger charge is 2.23. The van der Waals surface area contributed by atoms with Crippen LogP contribution in [0.15, 0.2) is 18.2 Å². The molecule has 0 aliphatic carbocycles. The lowest BCUT2D eigenvalue weighted by atomic mass is 9.94. The van der Waals surface area contributed by atoms with Gasteiger partial charge in [-0.15, -0.1) is 0 Å². The lowest BCUT2D eigenvalue weighted by molar-refractivity contribution is -0.136. The van der Waals surface area contributed by atoms with E-state index in [1.54, 1.807) is 18.0 Å². The van der Waals surface area contributed by atoms with Gasteiger partial charge in [0.15, 0.2) is 0 Å². The van der Waals surface area contributed by atoms with Crippen LogP contribution in [-0.4, -0.2) is 24.0 Å². The number of carboxylic acids is 1. The van der Waals surface area contributed by atoms with Crippen LogP contribution in [0.2, 0.25) is 0 Å². The van der Waals surface area contributed by atoms with Crippen molar-refractivity contribution in [3.63, 3.8) is 0 Å². The topological polar surface area (TPSA) is 57.6 Å². The van der Waals surface area contributed by atoms with Crippen LogP contribution in [0.5, 0.6) is 0 Å². The second-order valence-corrected chi connectivity index (χ2v) is 3.94. The minimum atomic E-state index is -0.840. The van der Waals surface area contributed by atoms with Gasteiger partial charge < -0.3 is 10.0 Å². The number of hydrogen-bond acceptors (Lipinski definition) is 2. The third-order valence-corrected chi connectivity index (χ3v) is 2.91. The van der Waals surface area contributed by atoms with Gasteiger partial charge >= 0.3 is 5.97 Å². The SMILES string of the molecule is CN1C(=O)CCc2c(CC(=O)O)cccc21. The molecule has 2 rings (SSSR count). The minimum absolute atomic E-state index is 0.0191. The summed E-state index contributed by atoms with van der Waals surface area (Å²) in [5.74, 6) is -0.757. The van der Waals surface area contributed by atoms with E-state index >= 15 is 0 Å². The molecule has 0 saturated heterocycles. The highest BCUT2D eigenvalue weighted by molar-refractivity contribution is 5.96. The Kier molecular flexibility index (Phi) is 2.64. The van der Waals surface area contributed by atoms with Crippen LogP contribution >= 0.6 is 0 Å². The molecule has 0 atom stereocenters. The van der Waals surface area contributed by atoms with Gasteiger partial charge in [-0.05, 0) is 23.6 Å². The largest absolute Gasteiger partial charge is 0.481 e. The van der Waals surface area contributed by atoms with Gasteiger partial charge in [-0.2, -0.15) is 0 Å². The van der Waals surface area contributed by atoms with E-state index in [0.717, 1.165) is 16.8 Å². The van der Waals surface area contributed by atoms with Crippen molar-refractivity contribution in [2.75, 3.05) is 11.9 Å². The zero-order valence-corrected chi connectivity index (χ0v) is 9.06. The second kappa shape index (κ2) is 3.96. The van der Waals surface area contributed by atoms with Crippen LogP contribution in [0.25, 0.3) is 0 Å². The number of aliphatic carboxylic acids is 1. The summed E-state index contributed by atoms with van der Waals surface area (Å²) in [6.45, 7) is 0. The summed E-state index contributed by atoms with van der Waals surface area (Å²) in [7, 11) is 1.73. The van der Waals surface area contributed by atoms with Crippen LogP contribution in [0.4, 0.5) is 5.69 Å². The Labute approximate surface area is 93.5 Å². The molecule has 0 aromatic heterocycles. The zero-order chi connectivity index (χ0) is 11.7. The van der Waals surface area contributed by atoms with Crippen molar-refractivity contribution >= 4 is 17.6 Å². The second-order valence-electron chi connectivity index (χ2n) is 3.94. The van der Waals surface area contributed by atoms with Crippen LogP contribution in [-0.2, 0) is 22.4 Å². The number of fused-ring (bicyclic) bond motifs is 1. The lowest BCUT2D eigenvalue weighted by Gasteiger charge is -2.27. The molecule has 0 unspecified atom stereocenters. The average Bonchev–Trinajstić information content (AvgIpc) is 2.23. The quantitative estimate of drug-likeness (QED) is 0.813. The minimum Gasteiger partial charge on any atom is -0.481 e. The van der Waals surface area contributed by atoms with Crippen LogP contribution < -0.4 is 4.90 Å². The molecule has 1 aromatic rings. The van der Waals surface area contributed by atoms with Crippen molar-refractivity contribution in [1.82, 2.24) is 0 Å². The molecule has 16 heavy (non-hydrogen) atoms. The molecule has 0 saturated carbocycles. The van der Waals surface area contributed by atoms with E-state index in [0.29, 0.717) is 12.8 Å². The summed E-state index contributed by atoms with van der Waals surface area (Å²) in [6, 6.07) is 5.47. The highest BCUT2D eigenvalue weighted by Crippen LogP contribution is 2.29. The van der Waals surface area contributed by atoms with E-state index in [1.807, 2.05) is 12.1 Å². The molecule has 84 valence electrons. The number of carboxylic acid groups (broad SMARTS) is 1. The summed E-state index contributed by atoms with van der Waals surface area (Å²) in [5.41, 5.74) is 2.64. The lowest BCUT2D eigenvalue weighted by Crippen LogP contribution is -2.31. The first-order valence-electron chi connectivity index (χ1n) is 5.18. The molecular formula is C12H13NO3. The molecule has 0 radical (unpaired) electrons. The first-order valence-corrected chi connectivity index (χ1v) is 5.18. The molecule has 0 spiro atoms. The Bertz CT molecular complexity index is 454. The Morgan fingerprint density at radius 3 is 2.88 bits per heavy atom. The van der Waals surface area contributed by atoms with Gasteiger partial charge in [0.2, 0.25) is 5.91 Å². The molecule has 0 bridgehead atoms. The fraction of sp³-hybridized carbons (Fsp3) is 0.333. The van der Waals surface area contributed by atoms with Gasteiger partial charge in [0.05, 0.1) is 6.42 Å². The van der Waals surface area contributed by atoms with Crippen molar-refractivity contribution in [3.8, 4) is 0 Å². The summed E-state index contributed by atoms with van der Waals surface area (Å²) in [4.78, 5) is 23.8. The van der Waals surface area contributed by atoms with E-state index in [1.165, 1.54) is 0 Å². The standard InChI is InChI=1S/C12H13NO3/c1-13-10-4-2-3-8(7-12(15)16)9(10)5-6-11(13)14/h2-4H,5-7H2,1H3,(H,15,16). The third kappa shape index (κ3) is 1.78. The fourth-order valence-electron chi connectivity index (χ4n) is 2.09. The molecule has 1 heterocycles. The van der Waals surface area contributed by atoms with Crippen molar-refractivity contribution in [2.45, 2.75) is 19.3 Å². The van der Waals surface area contributed by atoms with Gasteiger partial charge in [0.25, 0.3) is 0 Å². The van der Waals surface area contributed by atoms with E-state index in [9.17, 15) is 9.59 Å². The van der Waals surface area contributed by atoms with Crippen LogP contribution in [0.3, 0.4) is 0 Å². The van der Waals surface area contributed by atoms with E-state index in [2.05, 4.69) is 0 Å². The third-order valence-electron chi connectivity index (χ3n) is 2.91. The summed E-state index contributed by atoms with van der Waals surface area (Å²) >= 11 is 0. The van der Waals surface area contributed by atoms with E-state index in [4.69, 9.17) is 5.11 Å². The van der Waals surface area contributed by atoms with Crippen molar-refractivity contribution in [1.29, 1.82) is 0 Å². The van der Waals surface area contributed by atoms with E-state index in [-0.39, 0.29) is 12.3 Å². The smallest absolute Gasteiger partial charge is 0.307 e. The average molecular weight is 219 g/mol. The molecule has 1 aliphatic rings. The van der Waals surface area contributed by atoms with E-state index < -0.39 is 5.97 Å². The van der Waals surface area contributed by atoms with Gasteiger partial charge in [0, 0.05) is 19.2 Å². The first kappa shape index (κ1) is 10.7. The Morgan fingerprint density at radius 1 is 1.44 bits per heavy atom. The van der Waals surface area contributed by atoms with Gasteiger partial charge in [0.1, 0.15) is 0 Å². The maximum Gasteiger partial charge on any atom is 0.307 e. The number of carbonyl (C=O) groups is 2. The number of anilines is 1. The molecule has 0 fully saturated rings. The molecule has 4 heteroatoms. The summed E-state index contributed by atoms with van der Waals surface area (Å²) in [5, 5.41) is 8.81. The monoisotopic (exact) mass is 219 g/mol. The molecular weight excluding hydrogens is 206 g/mol. The predicted molar refractivity (Wildman–Crippen MR) is 59.5 cm³/mol. The van der Waals surface area contributed by atoms with Gasteiger partial charge in [-0.3, -0.25) is 9.59 Å². The van der Waals surface area contributed by atoms with Crippen LogP contribution in [0.1, 0.15) is 17.5 Å². The number of hydrogen-bond donors (Lipinski definition) is 1. The number of carbonyl (C=O) groups excluding carboxylic acids is 1. The molecule has 1 N–H and O–H groups in total. The van der Waals surface area contributed by atoms with Gasteiger partial charge in [-0.1, -0.05) is 12.1 Å². The number of benzene rings is 1. The molecule has 1 aliphatic heterocycles. The van der Waals surface area contributed by atoms with Crippen LogP contribution in [0, 0.1) is 0 Å². The molecule has 4 nitrogen and oxygen atoms in total. The number of nitrogens with zero attached hydrogens (tertiary/aromatic N) is 1. The van der Waals surface area contributed by atoms with Crippen molar-refractivity contribution in [2.24, 2.45) is 0 Å². The van der Waals surface area contributed by atoms with Crippen molar-refractivity contribution in [3.05, 3.63) is 29.3 Å². The summed E-state index contributed by atoms with van der Waals surface area (Å²) in [6.07, 6.45) is 1.12. The number of rotatable bonds is 2. The number of amides is 1. The fourth-order valence-corrected chi connectivity index (χ4v) is 2.09. The summed E-state index contributed by atoms with van der Waals surface area (Å²) < 4.78 is 0. The normalized spacial score (nSPS) is 14.8. The molecule has 1 aromatic carbocycles. The maximum absolute atomic E-state index is 11.5. The predicted octanol–water partition coefficient (Wildman–Crippen LogP) is 1.22. The maximum atomic E-state index is 11.5. The van der Waals surface area contributed by atoms with Gasteiger partial charge in [-0.25, -0.2) is 0 Å². The Balaban J connectivity index is 2.44. The Hall–Kier alpha value is -1.84. The highest BCUT2D eigenvalue weighted by atomic mass is 16.4. The zero-order valence-electron chi connectivity index (χ0n) is 9.06.